The van der Waals surface area contributed by atoms with Gasteiger partial charge in [-0.1, -0.05) is 0 Å². The number of rotatable bonds is 8. The molecule has 2 aromatic heterocycles. The number of carbonyl (C=O) groups excluding carboxylic acids is 2. The molecule has 1 amide bonds. The molecule has 0 aromatic carbocycles. The lowest BCUT2D eigenvalue weighted by molar-refractivity contribution is -0.125. The van der Waals surface area contributed by atoms with Crippen LogP contribution in [0.2, 0.25) is 0 Å². The van der Waals surface area contributed by atoms with E-state index in [1.54, 1.807) is 24.7 Å². The van der Waals surface area contributed by atoms with Gasteiger partial charge in [-0.05, 0) is 32.4 Å². The van der Waals surface area contributed by atoms with E-state index in [9.17, 15) is 9.59 Å². The quantitative estimate of drug-likeness (QED) is 0.759. The molecule has 0 fully saturated rings. The number of aryl methyl sites for hydroxylation is 1. The Bertz CT molecular complexity index is 588. The lowest BCUT2D eigenvalue weighted by atomic mass is 9.96. The van der Waals surface area contributed by atoms with Crippen LogP contribution >= 0.6 is 0 Å². The molecule has 0 saturated carbocycles. The third-order valence-electron chi connectivity index (χ3n) is 3.32. The molecule has 118 valence electrons. The van der Waals surface area contributed by atoms with Crippen molar-refractivity contribution in [1.29, 1.82) is 0 Å². The number of aromatic nitrogens is 2. The smallest absolute Gasteiger partial charge is 0.223 e. The van der Waals surface area contributed by atoms with Crippen LogP contribution in [0.1, 0.15) is 37.2 Å². The summed E-state index contributed by atoms with van der Waals surface area (Å²) in [5, 5.41) is 2.88. The summed E-state index contributed by atoms with van der Waals surface area (Å²) in [4.78, 5) is 28.4. The number of ketones is 1. The van der Waals surface area contributed by atoms with Crippen LogP contribution in [0.5, 0.6) is 0 Å². The van der Waals surface area contributed by atoms with Crippen LogP contribution in [0, 0.1) is 5.92 Å². The minimum Gasteiger partial charge on any atom is -0.461 e. The van der Waals surface area contributed by atoms with Crippen molar-refractivity contribution in [1.82, 2.24) is 14.9 Å². The third kappa shape index (κ3) is 4.58. The van der Waals surface area contributed by atoms with Crippen molar-refractivity contribution in [3.8, 4) is 0 Å². The van der Waals surface area contributed by atoms with E-state index in [2.05, 4.69) is 10.3 Å². The third-order valence-corrected chi connectivity index (χ3v) is 3.32. The predicted molar refractivity (Wildman–Crippen MR) is 81.3 cm³/mol. The number of carbonyl (C=O) groups is 2. The second-order valence-electron chi connectivity index (χ2n) is 5.55. The maximum Gasteiger partial charge on any atom is 0.223 e. The van der Waals surface area contributed by atoms with Gasteiger partial charge in [0, 0.05) is 37.3 Å². The Hall–Kier alpha value is -2.37. The fourth-order valence-electron chi connectivity index (χ4n) is 2.21. The van der Waals surface area contributed by atoms with Gasteiger partial charge in [-0.2, -0.15) is 0 Å². The summed E-state index contributed by atoms with van der Waals surface area (Å²) in [6, 6.07) is 3.33. The van der Waals surface area contributed by atoms with Crippen molar-refractivity contribution in [2.24, 2.45) is 5.92 Å². The zero-order valence-corrected chi connectivity index (χ0v) is 12.9. The van der Waals surface area contributed by atoms with Crippen molar-refractivity contribution in [3.63, 3.8) is 0 Å². The van der Waals surface area contributed by atoms with Gasteiger partial charge < -0.3 is 14.3 Å². The van der Waals surface area contributed by atoms with Crippen LogP contribution in [-0.2, 0) is 11.3 Å². The predicted octanol–water partition coefficient (Wildman–Crippen LogP) is 2.28. The van der Waals surface area contributed by atoms with E-state index < -0.39 is 0 Å². The molecule has 0 radical (unpaired) electrons. The Morgan fingerprint density at radius 1 is 1.41 bits per heavy atom. The largest absolute Gasteiger partial charge is 0.461 e. The molecule has 2 heterocycles. The first-order valence-corrected chi connectivity index (χ1v) is 7.39. The number of hydrogen-bond donors (Lipinski definition) is 1. The van der Waals surface area contributed by atoms with Crippen LogP contribution in [0.15, 0.2) is 41.5 Å². The summed E-state index contributed by atoms with van der Waals surface area (Å²) in [5.41, 5.74) is 0. The van der Waals surface area contributed by atoms with Gasteiger partial charge in [0.2, 0.25) is 5.91 Å². The molecule has 6 nitrogen and oxygen atoms in total. The standard InChI is InChI=1S/C16H21N3O3/c1-12(2)18-16(21)13(5-7-19-8-6-17-11-19)10-14(20)15-4-3-9-22-15/h3-4,6,8-9,11-13H,5,7,10H2,1-2H3,(H,18,21)/t13-/m1/s1. The van der Waals surface area contributed by atoms with Gasteiger partial charge in [-0.3, -0.25) is 9.59 Å². The van der Waals surface area contributed by atoms with E-state index >= 15 is 0 Å². The van der Waals surface area contributed by atoms with Gasteiger partial charge in [0.1, 0.15) is 0 Å². The lowest BCUT2D eigenvalue weighted by Crippen LogP contribution is -2.37. The van der Waals surface area contributed by atoms with Gasteiger partial charge in [0.05, 0.1) is 12.6 Å². The van der Waals surface area contributed by atoms with E-state index in [-0.39, 0.29) is 30.1 Å². The molecule has 0 aliphatic carbocycles. The summed E-state index contributed by atoms with van der Waals surface area (Å²) in [5.74, 6) is -0.345. The van der Waals surface area contributed by atoms with Crippen LogP contribution in [0.3, 0.4) is 0 Å². The van der Waals surface area contributed by atoms with Crippen LogP contribution in [0.25, 0.3) is 0 Å². The normalized spacial score (nSPS) is 12.3. The Morgan fingerprint density at radius 2 is 2.23 bits per heavy atom. The maximum atomic E-state index is 12.3. The maximum absolute atomic E-state index is 12.3. The topological polar surface area (TPSA) is 77.1 Å². The van der Waals surface area contributed by atoms with Crippen LogP contribution in [-0.4, -0.2) is 27.3 Å². The number of amides is 1. The molecular weight excluding hydrogens is 282 g/mol. The molecule has 0 aliphatic rings. The molecule has 1 atom stereocenters. The molecule has 22 heavy (non-hydrogen) atoms. The Kier molecular flexibility index (Phi) is 5.52. The number of imidazole rings is 1. The Balaban J connectivity index is 2.00. The summed E-state index contributed by atoms with van der Waals surface area (Å²) in [6.07, 6.45) is 7.40. The van der Waals surface area contributed by atoms with Gasteiger partial charge >= 0.3 is 0 Å². The zero-order valence-electron chi connectivity index (χ0n) is 12.9. The highest BCUT2D eigenvalue weighted by atomic mass is 16.3. The first-order chi connectivity index (χ1) is 10.6. The first-order valence-electron chi connectivity index (χ1n) is 7.39. The summed E-state index contributed by atoms with van der Waals surface area (Å²) >= 11 is 0. The number of nitrogens with zero attached hydrogens (tertiary/aromatic N) is 2. The van der Waals surface area contributed by atoms with Gasteiger partial charge in [-0.25, -0.2) is 4.98 Å². The molecule has 0 bridgehead atoms. The molecule has 0 unspecified atom stereocenters. The lowest BCUT2D eigenvalue weighted by Gasteiger charge is -2.18. The van der Waals surface area contributed by atoms with E-state index in [1.807, 2.05) is 24.6 Å². The zero-order chi connectivity index (χ0) is 15.9. The second kappa shape index (κ2) is 7.59. The summed E-state index contributed by atoms with van der Waals surface area (Å²) in [7, 11) is 0. The average Bonchev–Trinajstić information content (AvgIpc) is 3.14. The van der Waals surface area contributed by atoms with Gasteiger partial charge in [-0.15, -0.1) is 0 Å². The first kappa shape index (κ1) is 16.0. The fourth-order valence-corrected chi connectivity index (χ4v) is 2.21. The van der Waals surface area contributed by atoms with Crippen molar-refractivity contribution < 1.29 is 14.0 Å². The molecule has 0 spiro atoms. The number of furan rings is 1. The fraction of sp³-hybridized carbons (Fsp3) is 0.438. The van der Waals surface area contributed by atoms with E-state index in [4.69, 9.17) is 4.42 Å². The second-order valence-corrected chi connectivity index (χ2v) is 5.55. The van der Waals surface area contributed by atoms with Gasteiger partial charge in [0.25, 0.3) is 0 Å². The SMILES string of the molecule is CC(C)NC(=O)[C@H](CCn1ccnc1)CC(=O)c1ccco1. The molecule has 2 rings (SSSR count). The number of hydrogen-bond acceptors (Lipinski definition) is 4. The van der Waals surface area contributed by atoms with Crippen molar-refractivity contribution >= 4 is 11.7 Å². The van der Waals surface area contributed by atoms with Crippen molar-refractivity contribution in [2.45, 2.75) is 39.3 Å². The molecule has 6 heteroatoms. The average molecular weight is 303 g/mol. The van der Waals surface area contributed by atoms with E-state index in [0.717, 1.165) is 0 Å². The molecule has 0 aliphatic heterocycles. The molecule has 0 saturated heterocycles. The monoisotopic (exact) mass is 303 g/mol. The minimum absolute atomic E-state index is 0.0435. The number of Topliss-reactive ketones (excluding diaryl/α,β-unsaturated/α-hetero) is 1. The highest BCUT2D eigenvalue weighted by molar-refractivity contribution is 5.96. The van der Waals surface area contributed by atoms with E-state index in [0.29, 0.717) is 18.7 Å². The van der Waals surface area contributed by atoms with Crippen molar-refractivity contribution in [2.75, 3.05) is 0 Å². The van der Waals surface area contributed by atoms with Crippen LogP contribution < -0.4 is 5.32 Å². The summed E-state index contributed by atoms with van der Waals surface area (Å²) in [6.45, 7) is 4.44. The van der Waals surface area contributed by atoms with Gasteiger partial charge in [0.15, 0.2) is 11.5 Å². The van der Waals surface area contributed by atoms with Crippen molar-refractivity contribution in [3.05, 3.63) is 42.9 Å². The highest BCUT2D eigenvalue weighted by Gasteiger charge is 2.24. The Labute approximate surface area is 129 Å². The Morgan fingerprint density at radius 3 is 2.82 bits per heavy atom. The molecular formula is C16H21N3O3. The van der Waals surface area contributed by atoms with Crippen LogP contribution in [0.4, 0.5) is 0 Å². The highest BCUT2D eigenvalue weighted by Crippen LogP contribution is 2.16. The number of nitrogens with one attached hydrogen (secondary N) is 1. The summed E-state index contributed by atoms with van der Waals surface area (Å²) < 4.78 is 7.01. The molecule has 1 N–H and O–H groups in total. The molecule has 2 aromatic rings. The van der Waals surface area contributed by atoms with E-state index in [1.165, 1.54) is 6.26 Å². The minimum atomic E-state index is -0.387.